The lowest BCUT2D eigenvalue weighted by atomic mass is 10.1. The highest BCUT2D eigenvalue weighted by molar-refractivity contribution is 6.34. The molecule has 0 saturated heterocycles. The second kappa shape index (κ2) is 6.61. The molecule has 0 heterocycles. The summed E-state index contributed by atoms with van der Waals surface area (Å²) in [6, 6.07) is 4.92. The highest BCUT2D eigenvalue weighted by Gasteiger charge is 2.21. The van der Waals surface area contributed by atoms with E-state index in [-0.39, 0.29) is 11.9 Å². The normalized spacial score (nSPS) is 12.2. The molecule has 0 radical (unpaired) electrons. The lowest BCUT2D eigenvalue weighted by Crippen LogP contribution is -2.41. The maximum Gasteiger partial charge on any atom is 0.255 e. The van der Waals surface area contributed by atoms with E-state index in [9.17, 15) is 4.79 Å². The summed E-state index contributed by atoms with van der Waals surface area (Å²) < 4.78 is 5.07. The number of ether oxygens (including phenoxy) is 1. The van der Waals surface area contributed by atoms with Gasteiger partial charge in [-0.25, -0.2) is 0 Å². The van der Waals surface area contributed by atoms with Gasteiger partial charge in [-0.1, -0.05) is 11.6 Å². The zero-order valence-corrected chi connectivity index (χ0v) is 11.7. The Morgan fingerprint density at radius 3 is 2.72 bits per heavy atom. The van der Waals surface area contributed by atoms with Gasteiger partial charge in [0.1, 0.15) is 0 Å². The Hall–Kier alpha value is -1.26. The Kier molecular flexibility index (Phi) is 5.44. The third-order valence-corrected chi connectivity index (χ3v) is 3.08. The van der Waals surface area contributed by atoms with Crippen LogP contribution in [0.4, 0.5) is 5.69 Å². The highest BCUT2D eigenvalue weighted by Crippen LogP contribution is 2.21. The number of nitrogen functional groups attached to an aromatic ring is 1. The first-order chi connectivity index (χ1) is 8.51. The van der Waals surface area contributed by atoms with E-state index >= 15 is 0 Å². The second-order valence-electron chi connectivity index (χ2n) is 4.13. The van der Waals surface area contributed by atoms with Gasteiger partial charge in [-0.2, -0.15) is 0 Å². The van der Waals surface area contributed by atoms with Crippen LogP contribution in [0, 0.1) is 0 Å². The number of benzene rings is 1. The number of methoxy groups -OCH3 is 1. The maximum atomic E-state index is 12.4. The predicted molar refractivity (Wildman–Crippen MR) is 73.9 cm³/mol. The van der Waals surface area contributed by atoms with E-state index in [4.69, 9.17) is 22.1 Å². The first-order valence-electron chi connectivity index (χ1n) is 5.86. The summed E-state index contributed by atoms with van der Waals surface area (Å²) in [5.74, 6) is -0.105. The molecule has 1 amide bonds. The molecule has 0 bridgehead atoms. The molecule has 100 valence electrons. The van der Waals surface area contributed by atoms with Crippen molar-refractivity contribution >= 4 is 23.2 Å². The molecule has 0 aliphatic rings. The predicted octanol–water partition coefficient (Wildman–Crippen LogP) is 2.42. The van der Waals surface area contributed by atoms with Crippen molar-refractivity contribution in [3.63, 3.8) is 0 Å². The van der Waals surface area contributed by atoms with E-state index in [0.717, 1.165) is 0 Å². The van der Waals surface area contributed by atoms with Gasteiger partial charge in [-0.05, 0) is 32.0 Å². The van der Waals surface area contributed by atoms with Crippen LogP contribution in [0.15, 0.2) is 18.2 Å². The number of carbonyl (C=O) groups is 1. The van der Waals surface area contributed by atoms with Crippen LogP contribution < -0.4 is 5.73 Å². The molecular formula is C13H19ClN2O2. The number of nitrogens with two attached hydrogens (primary N) is 1. The molecule has 0 fully saturated rings. The minimum Gasteiger partial charge on any atom is -0.399 e. The summed E-state index contributed by atoms with van der Waals surface area (Å²) in [6.45, 7) is 4.96. The van der Waals surface area contributed by atoms with Gasteiger partial charge >= 0.3 is 0 Å². The van der Waals surface area contributed by atoms with E-state index < -0.39 is 0 Å². The van der Waals surface area contributed by atoms with E-state index in [0.29, 0.717) is 29.4 Å². The zero-order valence-electron chi connectivity index (χ0n) is 10.9. The van der Waals surface area contributed by atoms with Gasteiger partial charge in [-0.3, -0.25) is 4.79 Å². The monoisotopic (exact) mass is 270 g/mol. The molecule has 1 aromatic carbocycles. The molecule has 5 heteroatoms. The number of carbonyl (C=O) groups excluding carboxylic acids is 1. The molecule has 18 heavy (non-hydrogen) atoms. The van der Waals surface area contributed by atoms with Crippen molar-refractivity contribution in [2.45, 2.75) is 19.9 Å². The van der Waals surface area contributed by atoms with E-state index in [1.54, 1.807) is 30.2 Å². The van der Waals surface area contributed by atoms with E-state index in [1.807, 2.05) is 13.8 Å². The minimum atomic E-state index is -0.105. The number of hydrogen-bond donors (Lipinski definition) is 1. The smallest absolute Gasteiger partial charge is 0.255 e. The third kappa shape index (κ3) is 3.37. The van der Waals surface area contributed by atoms with Gasteiger partial charge in [0, 0.05) is 19.3 Å². The fraction of sp³-hybridized carbons (Fsp3) is 0.462. The SMILES string of the molecule is CCN(C(=O)c1ccc(N)cc1Cl)C(C)COC. The topological polar surface area (TPSA) is 55.6 Å². The number of nitrogens with zero attached hydrogens (tertiary/aromatic N) is 1. The summed E-state index contributed by atoms with van der Waals surface area (Å²) in [4.78, 5) is 14.1. The van der Waals surface area contributed by atoms with Crippen LogP contribution in [0.2, 0.25) is 5.02 Å². The van der Waals surface area contributed by atoms with Gasteiger partial charge in [0.15, 0.2) is 0 Å². The average molecular weight is 271 g/mol. The highest BCUT2D eigenvalue weighted by atomic mass is 35.5. The van der Waals surface area contributed by atoms with Crippen LogP contribution in [0.5, 0.6) is 0 Å². The molecule has 0 aliphatic heterocycles. The summed E-state index contributed by atoms with van der Waals surface area (Å²) >= 11 is 6.05. The fourth-order valence-corrected chi connectivity index (χ4v) is 2.12. The van der Waals surface area contributed by atoms with Crippen molar-refractivity contribution in [3.05, 3.63) is 28.8 Å². The van der Waals surface area contributed by atoms with Crippen molar-refractivity contribution in [2.24, 2.45) is 0 Å². The van der Waals surface area contributed by atoms with Crippen LogP contribution in [0.1, 0.15) is 24.2 Å². The van der Waals surface area contributed by atoms with Gasteiger partial charge in [-0.15, -0.1) is 0 Å². The summed E-state index contributed by atoms with van der Waals surface area (Å²) in [6.07, 6.45) is 0. The van der Waals surface area contributed by atoms with Crippen molar-refractivity contribution in [1.82, 2.24) is 4.90 Å². The molecule has 1 aromatic rings. The van der Waals surface area contributed by atoms with Gasteiger partial charge < -0.3 is 15.4 Å². The lowest BCUT2D eigenvalue weighted by molar-refractivity contribution is 0.0579. The first kappa shape index (κ1) is 14.8. The summed E-state index contributed by atoms with van der Waals surface area (Å²) in [5.41, 5.74) is 6.63. The van der Waals surface area contributed by atoms with E-state index in [1.165, 1.54) is 0 Å². The quantitative estimate of drug-likeness (QED) is 0.836. The van der Waals surface area contributed by atoms with Gasteiger partial charge in [0.05, 0.1) is 23.2 Å². The first-order valence-corrected chi connectivity index (χ1v) is 6.24. The number of rotatable bonds is 5. The molecule has 1 rings (SSSR count). The number of hydrogen-bond acceptors (Lipinski definition) is 3. The molecular weight excluding hydrogens is 252 g/mol. The molecule has 0 spiro atoms. The van der Waals surface area contributed by atoms with Crippen molar-refractivity contribution in [2.75, 3.05) is 26.0 Å². The fourth-order valence-electron chi connectivity index (χ4n) is 1.85. The third-order valence-electron chi connectivity index (χ3n) is 2.77. The Balaban J connectivity index is 2.96. The number of amides is 1. The Morgan fingerprint density at radius 1 is 1.56 bits per heavy atom. The number of likely N-dealkylation sites (N-methyl/N-ethyl adjacent to an activating group) is 1. The van der Waals surface area contributed by atoms with Crippen LogP contribution in [0.25, 0.3) is 0 Å². The molecule has 0 aromatic heterocycles. The van der Waals surface area contributed by atoms with Crippen LogP contribution in [-0.2, 0) is 4.74 Å². The van der Waals surface area contributed by atoms with Gasteiger partial charge in [0.2, 0.25) is 0 Å². The number of halogens is 1. The van der Waals surface area contributed by atoms with Crippen LogP contribution >= 0.6 is 11.6 Å². The minimum absolute atomic E-state index is 0.00104. The molecule has 1 unspecified atom stereocenters. The number of anilines is 1. The molecule has 1 atom stereocenters. The Bertz CT molecular complexity index is 423. The van der Waals surface area contributed by atoms with Crippen molar-refractivity contribution in [1.29, 1.82) is 0 Å². The van der Waals surface area contributed by atoms with Gasteiger partial charge in [0.25, 0.3) is 5.91 Å². The standard InChI is InChI=1S/C13H19ClN2O2/c1-4-16(9(2)8-18-3)13(17)11-6-5-10(15)7-12(11)14/h5-7,9H,4,8,15H2,1-3H3. The molecule has 2 N–H and O–H groups in total. The maximum absolute atomic E-state index is 12.4. The average Bonchev–Trinajstić information content (AvgIpc) is 2.29. The van der Waals surface area contributed by atoms with Crippen molar-refractivity contribution < 1.29 is 9.53 Å². The lowest BCUT2D eigenvalue weighted by Gasteiger charge is -2.28. The Morgan fingerprint density at radius 2 is 2.22 bits per heavy atom. The second-order valence-corrected chi connectivity index (χ2v) is 4.54. The zero-order chi connectivity index (χ0) is 13.7. The van der Waals surface area contributed by atoms with Crippen LogP contribution in [-0.4, -0.2) is 37.1 Å². The molecule has 4 nitrogen and oxygen atoms in total. The van der Waals surface area contributed by atoms with E-state index in [2.05, 4.69) is 0 Å². The van der Waals surface area contributed by atoms with Crippen molar-refractivity contribution in [3.8, 4) is 0 Å². The largest absolute Gasteiger partial charge is 0.399 e. The summed E-state index contributed by atoms with van der Waals surface area (Å²) in [7, 11) is 1.62. The molecule has 0 saturated carbocycles. The molecule has 0 aliphatic carbocycles. The summed E-state index contributed by atoms with van der Waals surface area (Å²) in [5, 5.41) is 0.378. The van der Waals surface area contributed by atoms with Crippen LogP contribution in [0.3, 0.4) is 0 Å². The Labute approximate surface area is 113 Å².